The molecule has 1 aromatic rings. The second-order valence-electron chi connectivity index (χ2n) is 5.11. The van der Waals surface area contributed by atoms with Crippen molar-refractivity contribution >= 4 is 0 Å². The van der Waals surface area contributed by atoms with Crippen molar-refractivity contribution in [1.29, 1.82) is 0 Å². The van der Waals surface area contributed by atoms with Gasteiger partial charge in [0.05, 0.1) is 6.10 Å². The molecule has 0 amide bonds. The average Bonchev–Trinajstić information content (AvgIpc) is 2.28. The Morgan fingerprint density at radius 2 is 1.78 bits per heavy atom. The Balaban J connectivity index is 2.73. The number of benzene rings is 1. The van der Waals surface area contributed by atoms with Crippen LogP contribution in [0.4, 0.5) is 0 Å². The molecule has 0 aliphatic carbocycles. The van der Waals surface area contributed by atoms with E-state index in [0.29, 0.717) is 6.04 Å². The summed E-state index contributed by atoms with van der Waals surface area (Å²) in [6.07, 6.45) is 0.224. The molecule has 1 rings (SSSR count). The number of hydrogen-bond acceptors (Lipinski definition) is 3. The first-order valence-electron chi connectivity index (χ1n) is 6.67. The summed E-state index contributed by atoms with van der Waals surface area (Å²) in [4.78, 5) is 2.20. The maximum Gasteiger partial charge on any atom is 0.119 e. The van der Waals surface area contributed by atoms with Crippen LogP contribution < -0.4 is 10.1 Å². The fourth-order valence-corrected chi connectivity index (χ4v) is 1.95. The van der Waals surface area contributed by atoms with Gasteiger partial charge in [-0.05, 0) is 52.2 Å². The highest BCUT2D eigenvalue weighted by Gasteiger charge is 2.11. The lowest BCUT2D eigenvalue weighted by molar-refractivity contribution is 0.242. The smallest absolute Gasteiger partial charge is 0.119 e. The van der Waals surface area contributed by atoms with Crippen LogP contribution in [0.1, 0.15) is 32.4 Å². The molecule has 3 nitrogen and oxygen atoms in total. The fourth-order valence-electron chi connectivity index (χ4n) is 1.95. The molecule has 1 unspecified atom stereocenters. The van der Waals surface area contributed by atoms with Crippen LogP contribution in [0.25, 0.3) is 0 Å². The van der Waals surface area contributed by atoms with Crippen LogP contribution in [0, 0.1) is 0 Å². The first-order chi connectivity index (χ1) is 8.52. The predicted octanol–water partition coefficient (Wildman–Crippen LogP) is 2.69. The van der Waals surface area contributed by atoms with E-state index in [0.717, 1.165) is 18.8 Å². The van der Waals surface area contributed by atoms with Crippen LogP contribution in [-0.4, -0.2) is 38.2 Å². The first kappa shape index (κ1) is 15.0. The van der Waals surface area contributed by atoms with Crippen molar-refractivity contribution in [2.24, 2.45) is 0 Å². The van der Waals surface area contributed by atoms with Gasteiger partial charge >= 0.3 is 0 Å². The minimum Gasteiger partial charge on any atom is -0.491 e. The summed E-state index contributed by atoms with van der Waals surface area (Å²) in [5.41, 5.74) is 1.31. The molecule has 1 aromatic carbocycles. The quantitative estimate of drug-likeness (QED) is 0.805. The van der Waals surface area contributed by atoms with E-state index in [2.05, 4.69) is 55.5 Å². The van der Waals surface area contributed by atoms with Gasteiger partial charge in [-0.25, -0.2) is 0 Å². The molecule has 102 valence electrons. The number of ether oxygens (including phenoxy) is 1. The highest BCUT2D eigenvalue weighted by Crippen LogP contribution is 2.19. The molecule has 0 bridgehead atoms. The van der Waals surface area contributed by atoms with Crippen LogP contribution in [0.5, 0.6) is 5.75 Å². The molecule has 0 aliphatic rings. The molecule has 1 atom stereocenters. The van der Waals surface area contributed by atoms with Gasteiger partial charge in [-0.2, -0.15) is 0 Å². The molecule has 0 saturated carbocycles. The molecule has 0 radical (unpaired) electrons. The van der Waals surface area contributed by atoms with E-state index in [4.69, 9.17) is 4.74 Å². The number of nitrogens with one attached hydrogen (secondary N) is 1. The van der Waals surface area contributed by atoms with Crippen LogP contribution >= 0.6 is 0 Å². The molecule has 0 spiro atoms. The number of hydrogen-bond donors (Lipinski definition) is 1. The molecule has 0 saturated heterocycles. The Bertz CT molecular complexity index is 333. The van der Waals surface area contributed by atoms with Gasteiger partial charge < -0.3 is 15.0 Å². The van der Waals surface area contributed by atoms with Gasteiger partial charge in [-0.3, -0.25) is 0 Å². The van der Waals surface area contributed by atoms with Gasteiger partial charge in [0, 0.05) is 12.6 Å². The second-order valence-corrected chi connectivity index (χ2v) is 5.11. The summed E-state index contributed by atoms with van der Waals surface area (Å²) in [7, 11) is 4.20. The third-order valence-corrected chi connectivity index (χ3v) is 2.65. The molecule has 0 fully saturated rings. The van der Waals surface area contributed by atoms with E-state index < -0.39 is 0 Å². The molecule has 3 heteroatoms. The minimum absolute atomic E-state index is 0.224. The van der Waals surface area contributed by atoms with E-state index in [9.17, 15) is 0 Å². The highest BCUT2D eigenvalue weighted by molar-refractivity contribution is 5.29. The molecule has 0 aromatic heterocycles. The normalized spacial score (nSPS) is 13.1. The Labute approximate surface area is 111 Å². The van der Waals surface area contributed by atoms with Crippen molar-refractivity contribution in [2.45, 2.75) is 32.9 Å². The number of nitrogens with zero attached hydrogens (tertiary/aromatic N) is 1. The topological polar surface area (TPSA) is 24.5 Å². The summed E-state index contributed by atoms with van der Waals surface area (Å²) >= 11 is 0. The van der Waals surface area contributed by atoms with Crippen molar-refractivity contribution < 1.29 is 4.74 Å². The maximum atomic E-state index is 5.66. The zero-order chi connectivity index (χ0) is 13.5. The molecule has 0 aliphatic heterocycles. The molecule has 18 heavy (non-hydrogen) atoms. The zero-order valence-corrected chi connectivity index (χ0v) is 12.2. The van der Waals surface area contributed by atoms with Gasteiger partial charge in [0.25, 0.3) is 0 Å². The zero-order valence-electron chi connectivity index (χ0n) is 12.2. The summed E-state index contributed by atoms with van der Waals surface area (Å²) in [6.45, 7) is 8.20. The maximum absolute atomic E-state index is 5.66. The van der Waals surface area contributed by atoms with Crippen molar-refractivity contribution in [3.05, 3.63) is 29.8 Å². The van der Waals surface area contributed by atoms with Gasteiger partial charge in [-0.1, -0.05) is 19.1 Å². The third-order valence-electron chi connectivity index (χ3n) is 2.65. The summed E-state index contributed by atoms with van der Waals surface area (Å²) in [5.74, 6) is 0.939. The third kappa shape index (κ3) is 5.07. The van der Waals surface area contributed by atoms with E-state index in [1.54, 1.807) is 0 Å². The lowest BCUT2D eigenvalue weighted by Gasteiger charge is -2.22. The monoisotopic (exact) mass is 250 g/mol. The van der Waals surface area contributed by atoms with Crippen molar-refractivity contribution in [2.75, 3.05) is 27.2 Å². The van der Waals surface area contributed by atoms with Crippen LogP contribution in [-0.2, 0) is 0 Å². The van der Waals surface area contributed by atoms with E-state index in [1.807, 2.05) is 13.8 Å². The SMILES string of the molecule is CCNC(CN(C)C)c1ccc(OC(C)C)cc1. The largest absolute Gasteiger partial charge is 0.491 e. The minimum atomic E-state index is 0.224. The molecule has 1 N–H and O–H groups in total. The number of rotatable bonds is 7. The van der Waals surface area contributed by atoms with Gasteiger partial charge in [0.1, 0.15) is 5.75 Å². The molecule has 0 heterocycles. The van der Waals surface area contributed by atoms with E-state index in [-0.39, 0.29) is 6.10 Å². The average molecular weight is 250 g/mol. The fraction of sp³-hybridized carbons (Fsp3) is 0.600. The van der Waals surface area contributed by atoms with Gasteiger partial charge in [0.2, 0.25) is 0 Å². The Morgan fingerprint density at radius 3 is 2.22 bits per heavy atom. The molecular weight excluding hydrogens is 224 g/mol. The lowest BCUT2D eigenvalue weighted by atomic mass is 10.1. The van der Waals surface area contributed by atoms with Crippen molar-refractivity contribution in [1.82, 2.24) is 10.2 Å². The molecular formula is C15H26N2O. The summed E-state index contributed by atoms with van der Waals surface area (Å²) in [5, 5.41) is 3.51. The van der Waals surface area contributed by atoms with Crippen molar-refractivity contribution in [3.8, 4) is 5.75 Å². The van der Waals surface area contributed by atoms with Crippen molar-refractivity contribution in [3.63, 3.8) is 0 Å². The standard InChI is InChI=1S/C15H26N2O/c1-6-16-15(11-17(4)5)13-7-9-14(10-8-13)18-12(2)3/h7-10,12,15-16H,6,11H2,1-5H3. The van der Waals surface area contributed by atoms with E-state index >= 15 is 0 Å². The van der Waals surface area contributed by atoms with Gasteiger partial charge in [-0.15, -0.1) is 0 Å². The predicted molar refractivity (Wildman–Crippen MR) is 77.2 cm³/mol. The first-order valence-corrected chi connectivity index (χ1v) is 6.67. The summed E-state index contributed by atoms with van der Waals surface area (Å²) in [6, 6.07) is 8.77. The Hall–Kier alpha value is -1.06. The second kappa shape index (κ2) is 7.39. The lowest BCUT2D eigenvalue weighted by Crippen LogP contribution is -2.31. The highest BCUT2D eigenvalue weighted by atomic mass is 16.5. The van der Waals surface area contributed by atoms with Crippen LogP contribution in [0.15, 0.2) is 24.3 Å². The summed E-state index contributed by atoms with van der Waals surface area (Å²) < 4.78 is 5.66. The van der Waals surface area contributed by atoms with Crippen LogP contribution in [0.2, 0.25) is 0 Å². The van der Waals surface area contributed by atoms with Crippen LogP contribution in [0.3, 0.4) is 0 Å². The number of likely N-dealkylation sites (N-methyl/N-ethyl adjacent to an activating group) is 2. The van der Waals surface area contributed by atoms with E-state index in [1.165, 1.54) is 5.56 Å². The van der Waals surface area contributed by atoms with Gasteiger partial charge in [0.15, 0.2) is 0 Å². The Morgan fingerprint density at radius 1 is 1.17 bits per heavy atom. The Kier molecular flexibility index (Phi) is 6.16.